The van der Waals surface area contributed by atoms with Crippen molar-refractivity contribution in [2.24, 2.45) is 0 Å². The van der Waals surface area contributed by atoms with E-state index in [9.17, 15) is 13.2 Å². The molecular weight excluding hydrogens is 292 g/mol. The van der Waals surface area contributed by atoms with Crippen LogP contribution in [0.15, 0.2) is 18.5 Å². The SMILES string of the molecule is O=C(NCC1CCCS1(=O)=O)c1cncc(C#CCO)c1. The summed E-state index contributed by atoms with van der Waals surface area (Å²) in [6, 6.07) is 1.55. The first-order chi connectivity index (χ1) is 10.0. The molecule has 1 aliphatic rings. The lowest BCUT2D eigenvalue weighted by Crippen LogP contribution is -2.34. The standard InChI is InChI=1S/C14H16N2O4S/c17-5-1-3-11-7-12(9-15-8-11)14(18)16-10-13-4-2-6-21(13,19)20/h7-9,13,17H,2,4-6,10H2,(H,16,18). The first kappa shape index (κ1) is 15.5. The molecule has 1 unspecified atom stereocenters. The van der Waals surface area contributed by atoms with E-state index in [0.717, 1.165) is 0 Å². The quantitative estimate of drug-likeness (QED) is 0.750. The van der Waals surface area contributed by atoms with Gasteiger partial charge in [0, 0.05) is 24.5 Å². The van der Waals surface area contributed by atoms with Crippen molar-refractivity contribution in [2.45, 2.75) is 18.1 Å². The zero-order valence-electron chi connectivity index (χ0n) is 11.4. The molecule has 21 heavy (non-hydrogen) atoms. The molecule has 0 bridgehead atoms. The largest absolute Gasteiger partial charge is 0.384 e. The van der Waals surface area contributed by atoms with Crippen molar-refractivity contribution < 1.29 is 18.3 Å². The van der Waals surface area contributed by atoms with Gasteiger partial charge in [-0.1, -0.05) is 11.8 Å². The molecular formula is C14H16N2O4S. The number of rotatable bonds is 3. The van der Waals surface area contributed by atoms with Gasteiger partial charge in [-0.15, -0.1) is 0 Å². The topological polar surface area (TPSA) is 96.4 Å². The van der Waals surface area contributed by atoms with Crippen molar-refractivity contribution in [3.8, 4) is 11.8 Å². The van der Waals surface area contributed by atoms with Crippen LogP contribution in [0, 0.1) is 11.8 Å². The average Bonchev–Trinajstić information content (AvgIpc) is 2.81. The number of nitrogens with zero attached hydrogens (tertiary/aromatic N) is 1. The predicted molar refractivity (Wildman–Crippen MR) is 77.3 cm³/mol. The van der Waals surface area contributed by atoms with Gasteiger partial charge in [0.25, 0.3) is 5.91 Å². The molecule has 2 heterocycles. The number of aliphatic hydroxyl groups is 1. The predicted octanol–water partition coefficient (Wildman–Crippen LogP) is -0.268. The van der Waals surface area contributed by atoms with Crippen molar-refractivity contribution >= 4 is 15.7 Å². The molecule has 0 saturated carbocycles. The molecule has 1 fully saturated rings. The smallest absolute Gasteiger partial charge is 0.252 e. The van der Waals surface area contributed by atoms with Gasteiger partial charge in [0.2, 0.25) is 0 Å². The number of nitrogens with one attached hydrogen (secondary N) is 1. The molecule has 2 N–H and O–H groups in total. The second-order valence-electron chi connectivity index (χ2n) is 4.76. The third-order valence-corrected chi connectivity index (χ3v) is 5.54. The lowest BCUT2D eigenvalue weighted by molar-refractivity contribution is 0.0953. The fourth-order valence-electron chi connectivity index (χ4n) is 2.17. The van der Waals surface area contributed by atoms with Crippen LogP contribution < -0.4 is 5.32 Å². The Morgan fingerprint density at radius 1 is 1.48 bits per heavy atom. The zero-order chi connectivity index (χ0) is 15.3. The highest BCUT2D eigenvalue weighted by molar-refractivity contribution is 7.92. The number of aromatic nitrogens is 1. The molecule has 1 saturated heterocycles. The van der Waals surface area contributed by atoms with Crippen LogP contribution in [0.4, 0.5) is 0 Å². The normalized spacial score (nSPS) is 19.6. The van der Waals surface area contributed by atoms with Gasteiger partial charge in [0.05, 0.1) is 16.6 Å². The highest BCUT2D eigenvalue weighted by Gasteiger charge is 2.31. The van der Waals surface area contributed by atoms with E-state index in [1.165, 1.54) is 12.4 Å². The number of carbonyl (C=O) groups is 1. The van der Waals surface area contributed by atoms with Gasteiger partial charge in [-0.2, -0.15) is 0 Å². The fourth-order valence-corrected chi connectivity index (χ4v) is 3.94. The van der Waals surface area contributed by atoms with Crippen LogP contribution in [-0.2, 0) is 9.84 Å². The molecule has 0 spiro atoms. The van der Waals surface area contributed by atoms with Gasteiger partial charge in [-0.05, 0) is 18.9 Å². The maximum atomic E-state index is 12.0. The van der Waals surface area contributed by atoms with E-state index in [4.69, 9.17) is 5.11 Å². The van der Waals surface area contributed by atoms with Gasteiger partial charge in [-0.3, -0.25) is 9.78 Å². The van der Waals surface area contributed by atoms with Gasteiger partial charge in [0.15, 0.2) is 9.84 Å². The van der Waals surface area contributed by atoms with Gasteiger partial charge in [-0.25, -0.2) is 8.42 Å². The van der Waals surface area contributed by atoms with Crippen molar-refractivity contribution in [3.05, 3.63) is 29.6 Å². The van der Waals surface area contributed by atoms with Gasteiger partial charge >= 0.3 is 0 Å². The van der Waals surface area contributed by atoms with Gasteiger partial charge < -0.3 is 10.4 Å². The maximum absolute atomic E-state index is 12.0. The van der Waals surface area contributed by atoms with Crippen LogP contribution in [0.3, 0.4) is 0 Å². The average molecular weight is 308 g/mol. The van der Waals surface area contributed by atoms with E-state index < -0.39 is 15.1 Å². The Morgan fingerprint density at radius 2 is 2.29 bits per heavy atom. The summed E-state index contributed by atoms with van der Waals surface area (Å²) in [5.41, 5.74) is 0.834. The fraction of sp³-hybridized carbons (Fsp3) is 0.429. The second kappa shape index (κ2) is 6.70. The van der Waals surface area contributed by atoms with Crippen LogP contribution in [0.5, 0.6) is 0 Å². The lowest BCUT2D eigenvalue weighted by Gasteiger charge is -2.10. The Bertz CT molecular complexity index is 688. The van der Waals surface area contributed by atoms with Crippen LogP contribution in [0.1, 0.15) is 28.8 Å². The Hall–Kier alpha value is -1.91. The highest BCUT2D eigenvalue weighted by atomic mass is 32.2. The highest BCUT2D eigenvalue weighted by Crippen LogP contribution is 2.19. The molecule has 7 heteroatoms. The zero-order valence-corrected chi connectivity index (χ0v) is 12.2. The van der Waals surface area contributed by atoms with Crippen molar-refractivity contribution in [1.82, 2.24) is 10.3 Å². The number of aliphatic hydroxyl groups excluding tert-OH is 1. The molecule has 1 aromatic heterocycles. The van der Waals surface area contributed by atoms with Crippen molar-refractivity contribution in [3.63, 3.8) is 0 Å². The van der Waals surface area contributed by atoms with Crippen molar-refractivity contribution in [2.75, 3.05) is 18.9 Å². The summed E-state index contributed by atoms with van der Waals surface area (Å²) >= 11 is 0. The first-order valence-corrected chi connectivity index (χ1v) is 8.29. The molecule has 6 nitrogen and oxygen atoms in total. The summed E-state index contributed by atoms with van der Waals surface area (Å²) in [4.78, 5) is 15.9. The molecule has 1 amide bonds. The number of hydrogen-bond acceptors (Lipinski definition) is 5. The van der Waals surface area contributed by atoms with E-state index in [-0.39, 0.29) is 24.8 Å². The summed E-state index contributed by atoms with van der Waals surface area (Å²) in [5.74, 6) is 4.95. The maximum Gasteiger partial charge on any atom is 0.252 e. The summed E-state index contributed by atoms with van der Waals surface area (Å²) in [6.07, 6.45) is 4.11. The Morgan fingerprint density at radius 3 is 2.95 bits per heavy atom. The summed E-state index contributed by atoms with van der Waals surface area (Å²) < 4.78 is 23.4. The molecule has 0 aromatic carbocycles. The molecule has 1 atom stereocenters. The molecule has 2 rings (SSSR count). The Labute approximate surface area is 123 Å². The molecule has 0 radical (unpaired) electrons. The van der Waals surface area contributed by atoms with E-state index in [1.807, 2.05) is 0 Å². The van der Waals surface area contributed by atoms with Crippen LogP contribution in [-0.4, -0.2) is 48.6 Å². The third-order valence-electron chi connectivity index (χ3n) is 3.27. The summed E-state index contributed by atoms with van der Waals surface area (Å²) in [5, 5.41) is 10.8. The molecule has 1 aliphatic heterocycles. The van der Waals surface area contributed by atoms with Crippen LogP contribution in [0.2, 0.25) is 0 Å². The minimum atomic E-state index is -3.07. The monoisotopic (exact) mass is 308 g/mol. The number of carbonyl (C=O) groups excluding carboxylic acids is 1. The Balaban J connectivity index is 2.00. The summed E-state index contributed by atoms with van der Waals surface area (Å²) in [7, 11) is -3.07. The number of hydrogen-bond donors (Lipinski definition) is 2. The van der Waals surface area contributed by atoms with Crippen molar-refractivity contribution in [1.29, 1.82) is 0 Å². The third kappa shape index (κ3) is 4.03. The second-order valence-corrected chi connectivity index (χ2v) is 7.16. The molecule has 0 aliphatic carbocycles. The van der Waals surface area contributed by atoms with E-state index in [0.29, 0.717) is 24.0 Å². The van der Waals surface area contributed by atoms with Crippen LogP contribution in [0.25, 0.3) is 0 Å². The number of pyridine rings is 1. The minimum Gasteiger partial charge on any atom is -0.384 e. The number of amides is 1. The van der Waals surface area contributed by atoms with Gasteiger partial charge in [0.1, 0.15) is 6.61 Å². The van der Waals surface area contributed by atoms with E-state index >= 15 is 0 Å². The molecule has 1 aromatic rings. The molecule has 112 valence electrons. The van der Waals surface area contributed by atoms with E-state index in [1.54, 1.807) is 6.07 Å². The Kier molecular flexibility index (Phi) is 4.94. The minimum absolute atomic E-state index is 0.119. The van der Waals surface area contributed by atoms with E-state index in [2.05, 4.69) is 22.1 Å². The number of sulfone groups is 1. The first-order valence-electron chi connectivity index (χ1n) is 6.57. The van der Waals surface area contributed by atoms with Crippen LogP contribution >= 0.6 is 0 Å². The summed E-state index contributed by atoms with van der Waals surface area (Å²) in [6.45, 7) is -0.149. The lowest BCUT2D eigenvalue weighted by atomic mass is 10.2.